The maximum Gasteiger partial charge on any atom is 0.344 e. The van der Waals surface area contributed by atoms with E-state index in [1.807, 2.05) is 44.6 Å². The zero-order valence-electron chi connectivity index (χ0n) is 25.2. The average molecular weight is 637 g/mol. The first-order chi connectivity index (χ1) is 21.0. The van der Waals surface area contributed by atoms with Gasteiger partial charge in [0.25, 0.3) is 0 Å². The van der Waals surface area contributed by atoms with Crippen LogP contribution in [0.3, 0.4) is 0 Å². The Morgan fingerprint density at radius 2 is 1.66 bits per heavy atom. The molecule has 2 saturated heterocycles. The lowest BCUT2D eigenvalue weighted by atomic mass is 9.98. The number of carbonyl (C=O) groups is 2. The van der Waals surface area contributed by atoms with E-state index in [1.165, 1.54) is 0 Å². The van der Waals surface area contributed by atoms with E-state index in [4.69, 9.17) is 37.2 Å². The fraction of sp³-hybridized carbons (Fsp3) is 0.441. The molecule has 2 unspecified atom stereocenters. The highest BCUT2D eigenvalue weighted by Crippen LogP contribution is 2.47. The molecule has 10 heteroatoms. The summed E-state index contributed by atoms with van der Waals surface area (Å²) in [5.74, 6) is -0.0440. The van der Waals surface area contributed by atoms with Crippen LogP contribution >= 0.6 is 23.2 Å². The number of hydrogen-bond donors (Lipinski definition) is 0. The monoisotopic (exact) mass is 635 g/mol. The van der Waals surface area contributed by atoms with Crippen molar-refractivity contribution >= 4 is 51.7 Å². The Morgan fingerprint density at radius 1 is 0.977 bits per heavy atom. The number of aryl methyl sites for hydroxylation is 1. The summed E-state index contributed by atoms with van der Waals surface area (Å²) >= 11 is 13.0. The summed E-state index contributed by atoms with van der Waals surface area (Å²) in [4.78, 5) is 29.1. The van der Waals surface area contributed by atoms with Crippen LogP contribution in [0.25, 0.3) is 22.2 Å². The molecule has 0 radical (unpaired) electrons. The van der Waals surface area contributed by atoms with Gasteiger partial charge in [0.1, 0.15) is 23.0 Å². The van der Waals surface area contributed by atoms with Gasteiger partial charge in [0, 0.05) is 60.7 Å². The molecule has 8 nitrogen and oxygen atoms in total. The number of carbonyl (C=O) groups excluding carboxylic acids is 2. The molecular weight excluding hydrogens is 601 g/mol. The molecule has 0 amide bonds. The summed E-state index contributed by atoms with van der Waals surface area (Å²) in [6, 6.07) is 11.9. The summed E-state index contributed by atoms with van der Waals surface area (Å²) < 4.78 is 19.5. The van der Waals surface area contributed by atoms with Crippen LogP contribution < -0.4 is 4.90 Å². The quantitative estimate of drug-likeness (QED) is 0.197. The first-order valence-electron chi connectivity index (χ1n) is 15.2. The lowest BCUT2D eigenvalue weighted by molar-refractivity contribution is 0.00706. The first-order valence-corrected chi connectivity index (χ1v) is 16.0. The van der Waals surface area contributed by atoms with Gasteiger partial charge in [0.05, 0.1) is 21.1 Å². The number of hydrogen-bond acceptors (Lipinski definition) is 7. The van der Waals surface area contributed by atoms with E-state index in [1.54, 1.807) is 18.2 Å². The highest BCUT2D eigenvalue weighted by atomic mass is 35.5. The third-order valence-electron chi connectivity index (χ3n) is 8.93. The number of rotatable bonds is 6. The van der Waals surface area contributed by atoms with E-state index >= 15 is 0 Å². The van der Waals surface area contributed by atoms with Crippen molar-refractivity contribution in [2.24, 2.45) is 7.05 Å². The second-order valence-corrected chi connectivity index (χ2v) is 14.1. The van der Waals surface area contributed by atoms with Gasteiger partial charge in [0.2, 0.25) is 0 Å². The normalized spacial score (nSPS) is 21.6. The molecule has 1 saturated carbocycles. The maximum absolute atomic E-state index is 13.8. The predicted octanol–water partition coefficient (Wildman–Crippen LogP) is 8.33. The molecule has 3 fully saturated rings. The number of fused-ring (bicyclic) bond motifs is 3. The molecule has 2 aliphatic heterocycles. The number of esters is 2. The van der Waals surface area contributed by atoms with E-state index in [0.717, 1.165) is 55.1 Å². The van der Waals surface area contributed by atoms with Gasteiger partial charge in [-0.1, -0.05) is 34.4 Å². The SMILES string of the molecule is Cn1cc(C(=O)OC(C)(C)C)c2ccc(N3C4CCC3CC(OC(=O)c3c(-c5c(Cl)cccc5Cl)noc3C3CC3)C4)cc21. The number of aromatic nitrogens is 2. The van der Waals surface area contributed by atoms with Crippen molar-refractivity contribution in [2.75, 3.05) is 4.90 Å². The van der Waals surface area contributed by atoms with Crippen molar-refractivity contribution in [3.63, 3.8) is 0 Å². The fourth-order valence-electron chi connectivity index (χ4n) is 6.90. The highest BCUT2D eigenvalue weighted by molar-refractivity contribution is 6.39. The van der Waals surface area contributed by atoms with E-state index < -0.39 is 11.6 Å². The molecule has 3 aliphatic rings. The standard InChI is InChI=1S/C34H35Cl2N3O5/c1-34(2,3)43-32(40)24-17-38(4)27-16-21(12-13-23(24)27)39-19-10-11-20(39)15-22(14-19)42-33(41)29-30(37-44-31(29)18-8-9-18)28-25(35)6-5-7-26(28)36/h5-7,12-13,16-20,22H,8-11,14-15H2,1-4H3. The van der Waals surface area contributed by atoms with Crippen LogP contribution in [0, 0.1) is 0 Å². The van der Waals surface area contributed by atoms with E-state index in [9.17, 15) is 9.59 Å². The summed E-state index contributed by atoms with van der Waals surface area (Å²) in [6.45, 7) is 5.61. The van der Waals surface area contributed by atoms with Crippen LogP contribution in [0.4, 0.5) is 5.69 Å². The van der Waals surface area contributed by atoms with Gasteiger partial charge in [-0.3, -0.25) is 0 Å². The molecule has 0 spiro atoms. The van der Waals surface area contributed by atoms with Crippen LogP contribution in [0.5, 0.6) is 0 Å². The Labute approximate surface area is 266 Å². The van der Waals surface area contributed by atoms with Crippen molar-refractivity contribution in [1.82, 2.24) is 9.72 Å². The zero-order chi connectivity index (χ0) is 30.9. The average Bonchev–Trinajstić information content (AvgIpc) is 3.54. The summed E-state index contributed by atoms with van der Waals surface area (Å²) in [5.41, 5.74) is 3.25. The number of benzene rings is 2. The zero-order valence-corrected chi connectivity index (χ0v) is 26.7. The second-order valence-electron chi connectivity index (χ2n) is 13.3. The van der Waals surface area contributed by atoms with Crippen molar-refractivity contribution in [3.8, 4) is 11.3 Å². The molecule has 2 aromatic carbocycles. The molecule has 4 heterocycles. The Hall–Kier alpha value is -3.49. The molecule has 7 rings (SSSR count). The molecular formula is C34H35Cl2N3O5. The molecule has 4 aromatic rings. The van der Waals surface area contributed by atoms with Crippen molar-refractivity contribution in [3.05, 3.63) is 69.5 Å². The Balaban J connectivity index is 1.11. The van der Waals surface area contributed by atoms with Crippen LogP contribution in [0.2, 0.25) is 10.0 Å². The van der Waals surface area contributed by atoms with Gasteiger partial charge in [0.15, 0.2) is 5.76 Å². The van der Waals surface area contributed by atoms with Gasteiger partial charge in [-0.2, -0.15) is 0 Å². The third kappa shape index (κ3) is 5.26. The van der Waals surface area contributed by atoms with Gasteiger partial charge in [-0.05, 0) is 76.8 Å². The van der Waals surface area contributed by atoms with Gasteiger partial charge in [-0.25, -0.2) is 9.59 Å². The molecule has 44 heavy (non-hydrogen) atoms. The minimum absolute atomic E-state index is 0.154. The van der Waals surface area contributed by atoms with Crippen LogP contribution in [0.1, 0.15) is 91.7 Å². The second kappa shape index (κ2) is 10.8. The number of halogens is 2. The number of anilines is 1. The van der Waals surface area contributed by atoms with Gasteiger partial charge < -0.3 is 23.5 Å². The highest BCUT2D eigenvalue weighted by Gasteiger charge is 2.44. The maximum atomic E-state index is 13.8. The molecule has 2 aromatic heterocycles. The lowest BCUT2D eigenvalue weighted by Gasteiger charge is -2.40. The summed E-state index contributed by atoms with van der Waals surface area (Å²) in [6.07, 6.45) is 6.99. The Morgan fingerprint density at radius 3 is 2.30 bits per heavy atom. The van der Waals surface area contributed by atoms with E-state index in [0.29, 0.717) is 38.2 Å². The predicted molar refractivity (Wildman–Crippen MR) is 170 cm³/mol. The van der Waals surface area contributed by atoms with Crippen molar-refractivity contribution in [1.29, 1.82) is 0 Å². The molecule has 1 aliphatic carbocycles. The van der Waals surface area contributed by atoms with Crippen molar-refractivity contribution in [2.45, 2.75) is 89.0 Å². The van der Waals surface area contributed by atoms with Gasteiger partial charge >= 0.3 is 11.9 Å². The number of nitrogens with zero attached hydrogens (tertiary/aromatic N) is 3. The fourth-order valence-corrected chi connectivity index (χ4v) is 7.48. The molecule has 2 bridgehead atoms. The van der Waals surface area contributed by atoms with Crippen molar-refractivity contribution < 1.29 is 23.6 Å². The lowest BCUT2D eigenvalue weighted by Crippen LogP contribution is -2.46. The van der Waals surface area contributed by atoms with Gasteiger partial charge in [-0.15, -0.1) is 0 Å². The molecule has 2 atom stereocenters. The molecule has 230 valence electrons. The van der Waals surface area contributed by atoms with E-state index in [-0.39, 0.29) is 30.1 Å². The minimum atomic E-state index is -0.566. The smallest absolute Gasteiger partial charge is 0.344 e. The largest absolute Gasteiger partial charge is 0.458 e. The topological polar surface area (TPSA) is 86.8 Å². The first kappa shape index (κ1) is 29.2. The van der Waals surface area contributed by atoms with Crippen LogP contribution in [-0.4, -0.2) is 45.5 Å². The minimum Gasteiger partial charge on any atom is -0.458 e. The third-order valence-corrected chi connectivity index (χ3v) is 9.55. The molecule has 0 N–H and O–H groups in total. The van der Waals surface area contributed by atoms with E-state index in [2.05, 4.69) is 22.2 Å². The number of piperidine rings is 1. The number of ether oxygens (including phenoxy) is 2. The Kier molecular flexibility index (Phi) is 7.20. The van der Waals surface area contributed by atoms with Crippen LogP contribution in [0.15, 0.2) is 47.1 Å². The Bertz CT molecular complexity index is 1750. The summed E-state index contributed by atoms with van der Waals surface area (Å²) in [5, 5.41) is 5.94. The van der Waals surface area contributed by atoms with Crippen LogP contribution in [-0.2, 0) is 16.5 Å². The summed E-state index contributed by atoms with van der Waals surface area (Å²) in [7, 11) is 1.95.